The number of rotatable bonds is 5. The number of hydrogen-bond donors (Lipinski definition) is 2. The molecule has 0 radical (unpaired) electrons. The topological polar surface area (TPSA) is 58.9 Å². The van der Waals surface area contributed by atoms with Gasteiger partial charge in [0.2, 0.25) is 0 Å². The molecule has 19 heavy (non-hydrogen) atoms. The van der Waals surface area contributed by atoms with Crippen molar-refractivity contribution in [2.24, 2.45) is 11.8 Å². The van der Waals surface area contributed by atoms with Gasteiger partial charge in [-0.25, -0.2) is 0 Å². The monoisotopic (exact) mass is 266 g/mol. The zero-order chi connectivity index (χ0) is 13.8. The SMILES string of the molecule is C[C@@H]([C@@H](O)[C@H](C)C1OCCO1)[C@H](O)c1ccccc1. The highest BCUT2D eigenvalue weighted by Crippen LogP contribution is 2.30. The average Bonchev–Trinajstić information content (AvgIpc) is 2.99. The van der Waals surface area contributed by atoms with Crippen LogP contribution >= 0.6 is 0 Å². The highest BCUT2D eigenvalue weighted by atomic mass is 16.7. The van der Waals surface area contributed by atoms with E-state index >= 15 is 0 Å². The summed E-state index contributed by atoms with van der Waals surface area (Å²) >= 11 is 0. The number of aliphatic hydroxyl groups excluding tert-OH is 2. The molecule has 2 N–H and O–H groups in total. The van der Waals surface area contributed by atoms with Gasteiger partial charge in [0.25, 0.3) is 0 Å². The van der Waals surface area contributed by atoms with Crippen molar-refractivity contribution < 1.29 is 19.7 Å². The first kappa shape index (κ1) is 14.5. The van der Waals surface area contributed by atoms with Crippen LogP contribution in [-0.4, -0.2) is 35.8 Å². The van der Waals surface area contributed by atoms with Gasteiger partial charge >= 0.3 is 0 Å². The van der Waals surface area contributed by atoms with Crippen molar-refractivity contribution in [2.45, 2.75) is 32.3 Å². The van der Waals surface area contributed by atoms with Crippen molar-refractivity contribution >= 4 is 0 Å². The van der Waals surface area contributed by atoms with E-state index in [4.69, 9.17) is 9.47 Å². The molecule has 2 rings (SSSR count). The van der Waals surface area contributed by atoms with Gasteiger partial charge in [0, 0.05) is 11.8 Å². The molecule has 0 aromatic heterocycles. The lowest BCUT2D eigenvalue weighted by atomic mass is 9.86. The molecule has 1 fully saturated rings. The van der Waals surface area contributed by atoms with Crippen LogP contribution in [0.15, 0.2) is 30.3 Å². The Balaban J connectivity index is 1.99. The smallest absolute Gasteiger partial charge is 0.162 e. The van der Waals surface area contributed by atoms with Crippen molar-refractivity contribution in [2.75, 3.05) is 13.2 Å². The first-order valence-corrected chi connectivity index (χ1v) is 6.75. The third-order valence-corrected chi connectivity index (χ3v) is 3.79. The number of aliphatic hydroxyl groups is 2. The van der Waals surface area contributed by atoms with Gasteiger partial charge in [-0.2, -0.15) is 0 Å². The standard InChI is InChI=1S/C15H22O4/c1-10(14(17)12-6-4-3-5-7-12)13(16)11(2)15-18-8-9-19-15/h3-7,10-11,13-17H,8-9H2,1-2H3/t10-,11-,13+,14-/m0/s1. The molecule has 106 valence electrons. The minimum atomic E-state index is -0.694. The molecule has 0 saturated carbocycles. The summed E-state index contributed by atoms with van der Waals surface area (Å²) in [5.41, 5.74) is 0.814. The van der Waals surface area contributed by atoms with Crippen LogP contribution in [0.25, 0.3) is 0 Å². The Kier molecular flexibility index (Phi) is 4.93. The lowest BCUT2D eigenvalue weighted by Crippen LogP contribution is -2.37. The molecule has 1 aromatic rings. The Labute approximate surface area is 114 Å². The van der Waals surface area contributed by atoms with Gasteiger partial charge in [-0.15, -0.1) is 0 Å². The number of ether oxygens (including phenoxy) is 2. The van der Waals surface area contributed by atoms with E-state index in [1.54, 1.807) is 0 Å². The molecule has 1 heterocycles. The molecule has 1 saturated heterocycles. The molecule has 0 amide bonds. The Hall–Kier alpha value is -0.940. The quantitative estimate of drug-likeness (QED) is 0.852. The van der Waals surface area contributed by atoms with Gasteiger partial charge in [-0.05, 0) is 5.56 Å². The Morgan fingerprint density at radius 1 is 1.05 bits per heavy atom. The van der Waals surface area contributed by atoms with Crippen molar-refractivity contribution in [1.82, 2.24) is 0 Å². The lowest BCUT2D eigenvalue weighted by molar-refractivity contribution is -0.129. The van der Waals surface area contributed by atoms with Crippen LogP contribution in [0, 0.1) is 11.8 Å². The zero-order valence-electron chi connectivity index (χ0n) is 11.4. The average molecular weight is 266 g/mol. The fraction of sp³-hybridized carbons (Fsp3) is 0.600. The first-order chi connectivity index (χ1) is 9.11. The van der Waals surface area contributed by atoms with Crippen LogP contribution < -0.4 is 0 Å². The summed E-state index contributed by atoms with van der Waals surface area (Å²) in [7, 11) is 0. The number of hydrogen-bond acceptors (Lipinski definition) is 4. The van der Waals surface area contributed by atoms with Crippen LogP contribution in [0.1, 0.15) is 25.5 Å². The summed E-state index contributed by atoms with van der Waals surface area (Å²) in [5, 5.41) is 20.7. The molecular formula is C15H22O4. The van der Waals surface area contributed by atoms with Gasteiger partial charge in [0.05, 0.1) is 25.4 Å². The third-order valence-electron chi connectivity index (χ3n) is 3.79. The second kappa shape index (κ2) is 6.48. The van der Waals surface area contributed by atoms with Crippen molar-refractivity contribution in [1.29, 1.82) is 0 Å². The fourth-order valence-electron chi connectivity index (χ4n) is 2.46. The van der Waals surface area contributed by atoms with Crippen LogP contribution in [0.5, 0.6) is 0 Å². The second-order valence-electron chi connectivity index (χ2n) is 5.17. The molecular weight excluding hydrogens is 244 g/mol. The Bertz CT molecular complexity index is 375. The van der Waals surface area contributed by atoms with Crippen LogP contribution in [0.2, 0.25) is 0 Å². The number of benzene rings is 1. The van der Waals surface area contributed by atoms with Gasteiger partial charge < -0.3 is 19.7 Å². The Morgan fingerprint density at radius 3 is 2.21 bits per heavy atom. The van der Waals surface area contributed by atoms with Gasteiger partial charge in [0.15, 0.2) is 6.29 Å². The molecule has 0 spiro atoms. The van der Waals surface area contributed by atoms with E-state index in [1.807, 2.05) is 44.2 Å². The van der Waals surface area contributed by atoms with Crippen LogP contribution in [0.4, 0.5) is 0 Å². The van der Waals surface area contributed by atoms with Gasteiger partial charge in [-0.1, -0.05) is 44.2 Å². The summed E-state index contributed by atoms with van der Waals surface area (Å²) in [4.78, 5) is 0. The summed E-state index contributed by atoms with van der Waals surface area (Å²) in [6, 6.07) is 9.39. The first-order valence-electron chi connectivity index (χ1n) is 6.75. The van der Waals surface area contributed by atoms with E-state index < -0.39 is 12.2 Å². The van der Waals surface area contributed by atoms with Gasteiger partial charge in [0.1, 0.15) is 0 Å². The van der Waals surface area contributed by atoms with Crippen LogP contribution in [-0.2, 0) is 9.47 Å². The summed E-state index contributed by atoms with van der Waals surface area (Å²) in [6.45, 7) is 4.86. The molecule has 0 bridgehead atoms. The van der Waals surface area contributed by atoms with Crippen molar-refractivity contribution in [3.8, 4) is 0 Å². The van der Waals surface area contributed by atoms with Crippen molar-refractivity contribution in [3.63, 3.8) is 0 Å². The predicted octanol–water partition coefficient (Wildman–Crippen LogP) is 1.73. The molecule has 4 heteroatoms. The van der Waals surface area contributed by atoms with E-state index in [9.17, 15) is 10.2 Å². The van der Waals surface area contributed by atoms with E-state index in [0.29, 0.717) is 13.2 Å². The maximum Gasteiger partial charge on any atom is 0.162 e. The minimum Gasteiger partial charge on any atom is -0.392 e. The summed E-state index contributed by atoms with van der Waals surface area (Å²) in [5.74, 6) is -0.457. The molecule has 4 atom stereocenters. The molecule has 1 aliphatic heterocycles. The highest BCUT2D eigenvalue weighted by Gasteiger charge is 2.34. The molecule has 0 unspecified atom stereocenters. The summed E-state index contributed by atoms with van der Waals surface area (Å²) < 4.78 is 10.8. The third kappa shape index (κ3) is 3.34. The van der Waals surface area contributed by atoms with Crippen molar-refractivity contribution in [3.05, 3.63) is 35.9 Å². The van der Waals surface area contributed by atoms with E-state index in [-0.39, 0.29) is 18.1 Å². The lowest BCUT2D eigenvalue weighted by Gasteiger charge is -2.30. The minimum absolute atomic E-state index is 0.170. The maximum absolute atomic E-state index is 10.4. The molecule has 1 aliphatic rings. The van der Waals surface area contributed by atoms with E-state index in [1.165, 1.54) is 0 Å². The highest BCUT2D eigenvalue weighted by molar-refractivity contribution is 5.18. The molecule has 1 aromatic carbocycles. The van der Waals surface area contributed by atoms with E-state index in [2.05, 4.69) is 0 Å². The summed E-state index contributed by atoms with van der Waals surface area (Å²) in [6.07, 6.45) is -1.75. The predicted molar refractivity (Wildman–Crippen MR) is 71.4 cm³/mol. The van der Waals surface area contributed by atoms with Gasteiger partial charge in [-0.3, -0.25) is 0 Å². The normalized spacial score (nSPS) is 22.9. The molecule has 0 aliphatic carbocycles. The second-order valence-corrected chi connectivity index (χ2v) is 5.17. The molecule has 4 nitrogen and oxygen atoms in total. The van der Waals surface area contributed by atoms with Crippen LogP contribution in [0.3, 0.4) is 0 Å². The zero-order valence-corrected chi connectivity index (χ0v) is 11.4. The fourth-order valence-corrected chi connectivity index (χ4v) is 2.46. The maximum atomic E-state index is 10.4. The largest absolute Gasteiger partial charge is 0.392 e. The van der Waals surface area contributed by atoms with E-state index in [0.717, 1.165) is 5.56 Å². The Morgan fingerprint density at radius 2 is 1.63 bits per heavy atom.